The average Bonchev–Trinajstić information content (AvgIpc) is 2.15. The van der Waals surface area contributed by atoms with E-state index >= 15 is 0 Å². The van der Waals surface area contributed by atoms with Crippen molar-refractivity contribution in [1.29, 1.82) is 0 Å². The fourth-order valence-corrected chi connectivity index (χ4v) is 1.29. The molecule has 0 aliphatic rings. The highest BCUT2D eigenvalue weighted by atomic mass is 16.5. The molecule has 0 heterocycles. The molecule has 1 aromatic rings. The SMILES string of the molecule is CCOCCNc1ccc(N)cc1C. The Morgan fingerprint density at radius 2 is 2.21 bits per heavy atom. The van der Waals surface area contributed by atoms with Crippen LogP contribution in [0.5, 0.6) is 0 Å². The number of anilines is 2. The van der Waals surface area contributed by atoms with E-state index in [4.69, 9.17) is 10.5 Å². The highest BCUT2D eigenvalue weighted by Crippen LogP contribution is 2.16. The smallest absolute Gasteiger partial charge is 0.0638 e. The van der Waals surface area contributed by atoms with E-state index in [1.165, 1.54) is 5.56 Å². The Kier molecular flexibility index (Phi) is 4.26. The molecule has 78 valence electrons. The van der Waals surface area contributed by atoms with E-state index in [0.717, 1.165) is 31.1 Å². The molecule has 0 aromatic heterocycles. The van der Waals surface area contributed by atoms with Gasteiger partial charge in [-0.25, -0.2) is 0 Å². The maximum Gasteiger partial charge on any atom is 0.0638 e. The molecule has 3 heteroatoms. The topological polar surface area (TPSA) is 47.3 Å². The van der Waals surface area contributed by atoms with E-state index in [1.54, 1.807) is 0 Å². The van der Waals surface area contributed by atoms with E-state index in [2.05, 4.69) is 5.32 Å². The number of nitrogen functional groups attached to an aromatic ring is 1. The highest BCUT2D eigenvalue weighted by molar-refractivity contribution is 5.57. The number of nitrogens with one attached hydrogen (secondary N) is 1. The number of ether oxygens (including phenoxy) is 1. The molecular formula is C11H18N2O. The van der Waals surface area contributed by atoms with Gasteiger partial charge in [-0.15, -0.1) is 0 Å². The van der Waals surface area contributed by atoms with Crippen LogP contribution in [0.25, 0.3) is 0 Å². The first-order chi connectivity index (χ1) is 6.74. The molecule has 0 spiro atoms. The Morgan fingerprint density at radius 3 is 2.86 bits per heavy atom. The van der Waals surface area contributed by atoms with Crippen LogP contribution >= 0.6 is 0 Å². The van der Waals surface area contributed by atoms with Gasteiger partial charge in [-0.3, -0.25) is 0 Å². The molecule has 0 amide bonds. The van der Waals surface area contributed by atoms with Crippen molar-refractivity contribution in [2.45, 2.75) is 13.8 Å². The second-order valence-electron chi connectivity index (χ2n) is 3.20. The fourth-order valence-electron chi connectivity index (χ4n) is 1.29. The molecule has 0 saturated carbocycles. The number of hydrogen-bond donors (Lipinski definition) is 2. The molecule has 0 fully saturated rings. The lowest BCUT2D eigenvalue weighted by molar-refractivity contribution is 0.158. The minimum Gasteiger partial charge on any atom is -0.399 e. The van der Waals surface area contributed by atoms with Crippen LogP contribution < -0.4 is 11.1 Å². The Labute approximate surface area is 85.3 Å². The Balaban J connectivity index is 2.42. The van der Waals surface area contributed by atoms with Crippen LogP contribution in [0.4, 0.5) is 11.4 Å². The number of nitrogens with two attached hydrogens (primary N) is 1. The van der Waals surface area contributed by atoms with Gasteiger partial charge in [0, 0.05) is 24.5 Å². The third-order valence-electron chi connectivity index (χ3n) is 2.02. The molecule has 0 saturated heterocycles. The van der Waals surface area contributed by atoms with Gasteiger partial charge in [0.25, 0.3) is 0 Å². The summed E-state index contributed by atoms with van der Waals surface area (Å²) < 4.78 is 5.23. The summed E-state index contributed by atoms with van der Waals surface area (Å²) in [6.07, 6.45) is 0. The fraction of sp³-hybridized carbons (Fsp3) is 0.455. The Morgan fingerprint density at radius 1 is 1.43 bits per heavy atom. The molecule has 14 heavy (non-hydrogen) atoms. The van der Waals surface area contributed by atoms with E-state index < -0.39 is 0 Å². The average molecular weight is 194 g/mol. The van der Waals surface area contributed by atoms with Gasteiger partial charge in [0.05, 0.1) is 6.61 Å². The third-order valence-corrected chi connectivity index (χ3v) is 2.02. The van der Waals surface area contributed by atoms with Crippen LogP contribution in [0.2, 0.25) is 0 Å². The van der Waals surface area contributed by atoms with E-state index in [-0.39, 0.29) is 0 Å². The van der Waals surface area contributed by atoms with Gasteiger partial charge < -0.3 is 15.8 Å². The first kappa shape index (κ1) is 10.9. The summed E-state index contributed by atoms with van der Waals surface area (Å²) in [5, 5.41) is 3.29. The van der Waals surface area contributed by atoms with Gasteiger partial charge in [-0.05, 0) is 37.6 Å². The largest absolute Gasteiger partial charge is 0.399 e. The summed E-state index contributed by atoms with van der Waals surface area (Å²) in [5.41, 5.74) is 8.75. The first-order valence-corrected chi connectivity index (χ1v) is 4.91. The zero-order chi connectivity index (χ0) is 10.4. The Bertz CT molecular complexity index is 287. The molecule has 0 aliphatic carbocycles. The summed E-state index contributed by atoms with van der Waals surface area (Å²) in [5.74, 6) is 0. The van der Waals surface area contributed by atoms with Crippen molar-refractivity contribution in [2.24, 2.45) is 0 Å². The summed E-state index contributed by atoms with van der Waals surface area (Å²) in [6, 6.07) is 5.86. The van der Waals surface area contributed by atoms with Crippen molar-refractivity contribution in [1.82, 2.24) is 0 Å². The minimum atomic E-state index is 0.736. The molecule has 0 atom stereocenters. The van der Waals surface area contributed by atoms with Crippen molar-refractivity contribution in [3.63, 3.8) is 0 Å². The van der Waals surface area contributed by atoms with E-state index in [0.29, 0.717) is 0 Å². The number of benzene rings is 1. The predicted molar refractivity (Wildman–Crippen MR) is 60.6 cm³/mol. The third kappa shape index (κ3) is 3.26. The van der Waals surface area contributed by atoms with Crippen LogP contribution in [0.1, 0.15) is 12.5 Å². The van der Waals surface area contributed by atoms with Crippen molar-refractivity contribution in [3.8, 4) is 0 Å². The van der Waals surface area contributed by atoms with E-state index in [1.807, 2.05) is 32.0 Å². The quantitative estimate of drug-likeness (QED) is 0.557. The first-order valence-electron chi connectivity index (χ1n) is 4.91. The molecule has 0 radical (unpaired) electrons. The van der Waals surface area contributed by atoms with Crippen molar-refractivity contribution >= 4 is 11.4 Å². The van der Waals surface area contributed by atoms with Crippen LogP contribution in [-0.4, -0.2) is 19.8 Å². The van der Waals surface area contributed by atoms with Gasteiger partial charge in [-0.1, -0.05) is 0 Å². The minimum absolute atomic E-state index is 0.736. The highest BCUT2D eigenvalue weighted by Gasteiger charge is 1.96. The predicted octanol–water partition coefficient (Wildman–Crippen LogP) is 2.03. The molecule has 1 aromatic carbocycles. The summed E-state index contributed by atoms with van der Waals surface area (Å²) >= 11 is 0. The molecule has 3 N–H and O–H groups in total. The molecule has 1 rings (SSSR count). The van der Waals surface area contributed by atoms with Crippen molar-refractivity contribution < 1.29 is 4.74 Å². The lowest BCUT2D eigenvalue weighted by atomic mass is 10.2. The Hall–Kier alpha value is -1.22. The standard InChI is InChI=1S/C11H18N2O/c1-3-14-7-6-13-11-5-4-10(12)8-9(11)2/h4-5,8,13H,3,6-7,12H2,1-2H3. The van der Waals surface area contributed by atoms with Crippen molar-refractivity contribution in [3.05, 3.63) is 23.8 Å². The lowest BCUT2D eigenvalue weighted by Crippen LogP contribution is -2.10. The summed E-state index contributed by atoms with van der Waals surface area (Å²) in [6.45, 7) is 6.37. The molecule has 0 bridgehead atoms. The van der Waals surface area contributed by atoms with E-state index in [9.17, 15) is 0 Å². The molecule has 3 nitrogen and oxygen atoms in total. The zero-order valence-corrected chi connectivity index (χ0v) is 8.84. The lowest BCUT2D eigenvalue weighted by Gasteiger charge is -2.09. The summed E-state index contributed by atoms with van der Waals surface area (Å²) in [7, 11) is 0. The summed E-state index contributed by atoms with van der Waals surface area (Å²) in [4.78, 5) is 0. The van der Waals surface area contributed by atoms with Gasteiger partial charge in [-0.2, -0.15) is 0 Å². The van der Waals surface area contributed by atoms with Gasteiger partial charge in [0.2, 0.25) is 0 Å². The second-order valence-corrected chi connectivity index (χ2v) is 3.20. The number of hydrogen-bond acceptors (Lipinski definition) is 3. The van der Waals surface area contributed by atoms with Crippen LogP contribution in [0, 0.1) is 6.92 Å². The number of rotatable bonds is 5. The second kappa shape index (κ2) is 5.50. The normalized spacial score (nSPS) is 10.1. The molecular weight excluding hydrogens is 176 g/mol. The molecule has 0 unspecified atom stereocenters. The van der Waals surface area contributed by atoms with Gasteiger partial charge >= 0.3 is 0 Å². The molecule has 0 aliphatic heterocycles. The van der Waals surface area contributed by atoms with Gasteiger partial charge in [0.1, 0.15) is 0 Å². The zero-order valence-electron chi connectivity index (χ0n) is 8.84. The van der Waals surface area contributed by atoms with Crippen molar-refractivity contribution in [2.75, 3.05) is 30.8 Å². The number of aryl methyl sites for hydroxylation is 1. The van der Waals surface area contributed by atoms with Gasteiger partial charge in [0.15, 0.2) is 0 Å². The maximum atomic E-state index is 5.65. The van der Waals surface area contributed by atoms with Crippen LogP contribution in [0.3, 0.4) is 0 Å². The monoisotopic (exact) mass is 194 g/mol. The van der Waals surface area contributed by atoms with Crippen LogP contribution in [0.15, 0.2) is 18.2 Å². The maximum absolute atomic E-state index is 5.65. The van der Waals surface area contributed by atoms with Crippen LogP contribution in [-0.2, 0) is 4.74 Å².